The lowest BCUT2D eigenvalue weighted by Crippen LogP contribution is -2.24. The Kier molecular flexibility index (Phi) is 5.01. The fourth-order valence-corrected chi connectivity index (χ4v) is 3.20. The molecule has 5 heteroatoms. The number of anilines is 1. The molecule has 0 fully saturated rings. The third-order valence-corrected chi connectivity index (χ3v) is 4.57. The van der Waals surface area contributed by atoms with E-state index in [0.29, 0.717) is 11.3 Å². The van der Waals surface area contributed by atoms with Crippen molar-refractivity contribution in [2.75, 3.05) is 12.1 Å². The summed E-state index contributed by atoms with van der Waals surface area (Å²) < 4.78 is 6.37. The van der Waals surface area contributed by atoms with Gasteiger partial charge in [-0.1, -0.05) is 54.9 Å². The second-order valence-electron chi connectivity index (χ2n) is 7.10. The fraction of sp³-hybridized carbons (Fsp3) is 0.238. The molecule has 0 radical (unpaired) electrons. The summed E-state index contributed by atoms with van der Waals surface area (Å²) in [5.41, 5.74) is 2.65. The molecule has 0 saturated carbocycles. The van der Waals surface area contributed by atoms with E-state index in [1.165, 1.54) is 5.01 Å². The van der Waals surface area contributed by atoms with Gasteiger partial charge in [-0.05, 0) is 36.4 Å². The number of methoxy groups -OCH3 is 1. The molecule has 1 amide bonds. The van der Waals surface area contributed by atoms with Gasteiger partial charge in [0.2, 0.25) is 0 Å². The van der Waals surface area contributed by atoms with Crippen LogP contribution in [0.5, 0.6) is 5.75 Å². The van der Waals surface area contributed by atoms with Gasteiger partial charge in [-0.25, -0.2) is 0 Å². The molecular formula is C21H21BrN2O2. The maximum atomic E-state index is 13.1. The molecule has 0 atom stereocenters. The van der Waals surface area contributed by atoms with E-state index >= 15 is 0 Å². The molecule has 0 saturated heterocycles. The summed E-state index contributed by atoms with van der Waals surface area (Å²) in [6.07, 6.45) is 1.86. The monoisotopic (exact) mass is 412 g/mol. The number of halogens is 1. The summed E-state index contributed by atoms with van der Waals surface area (Å²) in [6.45, 7) is 6.17. The lowest BCUT2D eigenvalue weighted by Gasteiger charge is -2.18. The number of para-hydroxylation sites is 1. The number of rotatable bonds is 3. The van der Waals surface area contributed by atoms with Crippen LogP contribution in [0.1, 0.15) is 26.3 Å². The quantitative estimate of drug-likeness (QED) is 0.642. The van der Waals surface area contributed by atoms with Gasteiger partial charge in [0.05, 0.1) is 24.1 Å². The van der Waals surface area contributed by atoms with Gasteiger partial charge in [0.15, 0.2) is 0 Å². The molecular weight excluding hydrogens is 392 g/mol. The maximum Gasteiger partial charge on any atom is 0.280 e. The van der Waals surface area contributed by atoms with Gasteiger partial charge in [0.1, 0.15) is 5.75 Å². The van der Waals surface area contributed by atoms with Gasteiger partial charge in [-0.15, -0.1) is 0 Å². The molecule has 0 aromatic heterocycles. The second kappa shape index (κ2) is 7.08. The highest BCUT2D eigenvalue weighted by Gasteiger charge is 2.37. The molecule has 134 valence electrons. The van der Waals surface area contributed by atoms with Gasteiger partial charge >= 0.3 is 0 Å². The SMILES string of the molecule is COc1ccc(Br)cc1/C=C1\C(=O)N(c2ccccc2)N=C1C(C)(C)C. The zero-order chi connectivity index (χ0) is 18.9. The van der Waals surface area contributed by atoms with Crippen molar-refractivity contribution < 1.29 is 9.53 Å². The average Bonchev–Trinajstić information content (AvgIpc) is 2.93. The van der Waals surface area contributed by atoms with Gasteiger partial charge in [-0.2, -0.15) is 10.1 Å². The number of hydrazone groups is 1. The number of hydrogen-bond donors (Lipinski definition) is 0. The number of carbonyl (C=O) groups excluding carboxylic acids is 1. The predicted molar refractivity (Wildman–Crippen MR) is 109 cm³/mol. The third-order valence-electron chi connectivity index (χ3n) is 4.08. The van der Waals surface area contributed by atoms with Gasteiger partial charge < -0.3 is 4.74 Å². The van der Waals surface area contributed by atoms with Crippen molar-refractivity contribution in [1.82, 2.24) is 0 Å². The molecule has 1 aliphatic rings. The highest BCUT2D eigenvalue weighted by molar-refractivity contribution is 9.10. The average molecular weight is 413 g/mol. The highest BCUT2D eigenvalue weighted by Crippen LogP contribution is 2.34. The Morgan fingerprint density at radius 3 is 2.42 bits per heavy atom. The summed E-state index contributed by atoms with van der Waals surface area (Å²) in [7, 11) is 1.62. The van der Waals surface area contributed by atoms with Crippen molar-refractivity contribution in [3.63, 3.8) is 0 Å². The van der Waals surface area contributed by atoms with Crippen LogP contribution in [0.2, 0.25) is 0 Å². The van der Waals surface area contributed by atoms with Gasteiger partial charge in [0, 0.05) is 15.5 Å². The molecule has 2 aromatic rings. The molecule has 2 aromatic carbocycles. The summed E-state index contributed by atoms with van der Waals surface area (Å²) in [5.74, 6) is 0.572. The topological polar surface area (TPSA) is 41.9 Å². The summed E-state index contributed by atoms with van der Waals surface area (Å²) in [6, 6.07) is 15.2. The van der Waals surface area contributed by atoms with E-state index in [-0.39, 0.29) is 11.3 Å². The Morgan fingerprint density at radius 2 is 1.81 bits per heavy atom. The van der Waals surface area contributed by atoms with Crippen molar-refractivity contribution in [2.24, 2.45) is 10.5 Å². The smallest absolute Gasteiger partial charge is 0.280 e. The molecule has 4 nitrogen and oxygen atoms in total. The van der Waals surface area contributed by atoms with Gasteiger partial charge in [0.25, 0.3) is 5.91 Å². The molecule has 1 aliphatic heterocycles. The van der Waals surface area contributed by atoms with Crippen LogP contribution in [0.15, 0.2) is 63.7 Å². The molecule has 0 bridgehead atoms. The lowest BCUT2D eigenvalue weighted by molar-refractivity contribution is -0.114. The summed E-state index contributed by atoms with van der Waals surface area (Å²) in [5, 5.41) is 6.11. The van der Waals surface area contributed by atoms with Gasteiger partial charge in [-0.3, -0.25) is 4.79 Å². The zero-order valence-electron chi connectivity index (χ0n) is 15.3. The maximum absolute atomic E-state index is 13.1. The van der Waals surface area contributed by atoms with E-state index in [4.69, 9.17) is 4.74 Å². The molecule has 0 spiro atoms. The minimum Gasteiger partial charge on any atom is -0.496 e. The molecule has 0 N–H and O–H groups in total. The van der Waals surface area contributed by atoms with E-state index in [2.05, 4.69) is 41.8 Å². The Balaban J connectivity index is 2.13. The Hall–Kier alpha value is -2.40. The number of carbonyl (C=O) groups is 1. The lowest BCUT2D eigenvalue weighted by atomic mass is 9.85. The van der Waals surface area contributed by atoms with Crippen LogP contribution in [0.25, 0.3) is 6.08 Å². The number of benzene rings is 2. The highest BCUT2D eigenvalue weighted by atomic mass is 79.9. The minimum atomic E-state index is -0.274. The number of amides is 1. The first-order valence-corrected chi connectivity index (χ1v) is 9.15. The number of nitrogens with zero attached hydrogens (tertiary/aromatic N) is 2. The summed E-state index contributed by atoms with van der Waals surface area (Å²) >= 11 is 3.48. The third kappa shape index (κ3) is 3.58. The van der Waals surface area contributed by atoms with Crippen LogP contribution < -0.4 is 9.75 Å². The van der Waals surface area contributed by atoms with Crippen molar-refractivity contribution in [3.8, 4) is 5.75 Å². The zero-order valence-corrected chi connectivity index (χ0v) is 16.9. The van der Waals surface area contributed by atoms with Crippen LogP contribution in [0.3, 0.4) is 0 Å². The molecule has 0 aliphatic carbocycles. The largest absolute Gasteiger partial charge is 0.496 e. The van der Waals surface area contributed by atoms with E-state index < -0.39 is 0 Å². The Bertz CT molecular complexity index is 896. The first-order valence-electron chi connectivity index (χ1n) is 8.35. The van der Waals surface area contributed by atoms with E-state index in [1.807, 2.05) is 54.6 Å². The Morgan fingerprint density at radius 1 is 1.12 bits per heavy atom. The molecule has 0 unspecified atom stereocenters. The first-order chi connectivity index (χ1) is 12.3. The molecule has 3 rings (SSSR count). The second-order valence-corrected chi connectivity index (χ2v) is 8.01. The summed E-state index contributed by atoms with van der Waals surface area (Å²) in [4.78, 5) is 13.1. The molecule has 1 heterocycles. The minimum absolute atomic E-state index is 0.136. The standard InChI is InChI=1S/C21H21BrN2O2/c1-21(2,3)19-17(13-14-12-15(22)10-11-18(14)26-4)20(25)24(23-19)16-8-6-5-7-9-16/h5-13H,1-4H3/b17-13-. The number of hydrogen-bond acceptors (Lipinski definition) is 3. The van der Waals surface area contributed by atoms with E-state index in [1.54, 1.807) is 7.11 Å². The number of ether oxygens (including phenoxy) is 1. The van der Waals surface area contributed by atoms with Crippen LogP contribution in [0, 0.1) is 5.41 Å². The van der Waals surface area contributed by atoms with E-state index in [0.717, 1.165) is 21.4 Å². The van der Waals surface area contributed by atoms with Crippen LogP contribution in [0.4, 0.5) is 5.69 Å². The first kappa shape index (κ1) is 18.4. The fourth-order valence-electron chi connectivity index (χ4n) is 2.82. The van der Waals surface area contributed by atoms with E-state index in [9.17, 15) is 4.79 Å². The predicted octanol–water partition coefficient (Wildman–Crippen LogP) is 5.29. The van der Waals surface area contributed by atoms with Crippen LogP contribution in [-0.4, -0.2) is 18.7 Å². The molecule has 26 heavy (non-hydrogen) atoms. The van der Waals surface area contributed by atoms with Crippen molar-refractivity contribution in [3.05, 3.63) is 64.1 Å². The van der Waals surface area contributed by atoms with Crippen molar-refractivity contribution in [2.45, 2.75) is 20.8 Å². The normalized spacial score (nSPS) is 16.2. The van der Waals surface area contributed by atoms with Crippen molar-refractivity contribution >= 4 is 39.3 Å². The van der Waals surface area contributed by atoms with Crippen LogP contribution >= 0.6 is 15.9 Å². The van der Waals surface area contributed by atoms with Crippen molar-refractivity contribution in [1.29, 1.82) is 0 Å². The Labute approximate surface area is 162 Å². The van der Waals surface area contributed by atoms with Crippen LogP contribution in [-0.2, 0) is 4.79 Å².